The predicted octanol–water partition coefficient (Wildman–Crippen LogP) is 4.41. The van der Waals surface area contributed by atoms with Crippen LogP contribution in [0.15, 0.2) is 66.5 Å². The zero-order valence-corrected chi connectivity index (χ0v) is 18.3. The number of hydrogen-bond donors (Lipinski definition) is 1. The Morgan fingerprint density at radius 3 is 2.44 bits per heavy atom. The second-order valence-electron chi connectivity index (χ2n) is 6.97. The van der Waals surface area contributed by atoms with Crippen molar-refractivity contribution in [2.75, 3.05) is 7.11 Å². The van der Waals surface area contributed by atoms with Gasteiger partial charge in [0.2, 0.25) is 0 Å². The number of ketones is 1. The molecule has 0 saturated carbocycles. The van der Waals surface area contributed by atoms with Crippen LogP contribution in [0.25, 0.3) is 5.76 Å². The Morgan fingerprint density at radius 2 is 1.81 bits per heavy atom. The van der Waals surface area contributed by atoms with Gasteiger partial charge in [-0.1, -0.05) is 35.3 Å². The number of carbonyl (C=O) groups is 2. The topological polar surface area (TPSA) is 92.6 Å². The minimum Gasteiger partial charge on any atom is -0.507 e. The molecule has 162 valence electrons. The molecule has 4 rings (SSSR count). The summed E-state index contributed by atoms with van der Waals surface area (Å²) in [5, 5.41) is 11.6. The highest BCUT2D eigenvalue weighted by Crippen LogP contribution is 2.43. The highest BCUT2D eigenvalue weighted by atomic mass is 35.5. The van der Waals surface area contributed by atoms with Gasteiger partial charge in [-0.2, -0.15) is 0 Å². The molecule has 1 aliphatic heterocycles. The van der Waals surface area contributed by atoms with Gasteiger partial charge < -0.3 is 14.7 Å². The molecule has 1 aromatic carbocycles. The summed E-state index contributed by atoms with van der Waals surface area (Å²) >= 11 is 12.3. The lowest BCUT2D eigenvalue weighted by atomic mass is 9.97. The van der Waals surface area contributed by atoms with Crippen molar-refractivity contribution in [3.63, 3.8) is 0 Å². The van der Waals surface area contributed by atoms with Crippen molar-refractivity contribution in [2.24, 2.45) is 0 Å². The largest absolute Gasteiger partial charge is 0.507 e. The van der Waals surface area contributed by atoms with Crippen molar-refractivity contribution in [1.82, 2.24) is 14.9 Å². The molecule has 32 heavy (non-hydrogen) atoms. The van der Waals surface area contributed by atoms with Gasteiger partial charge in [0.1, 0.15) is 17.6 Å². The SMILES string of the molecule is COc1c(Cl)cc(Cl)cc1/C(O)=C1\C(=O)C(=O)N(Cc2ccccn2)C1c1ccccn1. The Hall–Kier alpha value is -3.42. The molecule has 1 N–H and O–H groups in total. The summed E-state index contributed by atoms with van der Waals surface area (Å²) in [5.74, 6) is -1.96. The number of pyridine rings is 2. The summed E-state index contributed by atoms with van der Waals surface area (Å²) in [6.45, 7) is 0.0525. The maximum atomic E-state index is 13.1. The van der Waals surface area contributed by atoms with Gasteiger partial charge in [-0.3, -0.25) is 19.6 Å². The maximum absolute atomic E-state index is 13.1. The molecule has 0 radical (unpaired) electrons. The lowest BCUT2D eigenvalue weighted by Crippen LogP contribution is -2.29. The van der Waals surface area contributed by atoms with Crippen LogP contribution in [0.3, 0.4) is 0 Å². The zero-order chi connectivity index (χ0) is 22.8. The standard InChI is InChI=1S/C23H17Cl2N3O4/c1-32-22-15(10-13(24)11-16(22)25)20(29)18-19(17-7-3-5-9-27-17)28(23(31)21(18)30)12-14-6-2-4-8-26-14/h2-11,19,29H,12H2,1H3/b20-18+. The first-order valence-electron chi connectivity index (χ1n) is 9.55. The van der Waals surface area contributed by atoms with Gasteiger partial charge in [-0.15, -0.1) is 0 Å². The summed E-state index contributed by atoms with van der Waals surface area (Å²) in [5.41, 5.74) is 0.956. The van der Waals surface area contributed by atoms with Gasteiger partial charge in [-0.25, -0.2) is 0 Å². The molecule has 1 aliphatic rings. The molecule has 1 atom stereocenters. The number of rotatable bonds is 5. The average molecular weight is 470 g/mol. The summed E-state index contributed by atoms with van der Waals surface area (Å²) in [7, 11) is 1.38. The molecule has 9 heteroatoms. The Balaban J connectivity index is 1.92. The number of aliphatic hydroxyl groups is 1. The van der Waals surface area contributed by atoms with E-state index in [1.54, 1.807) is 48.8 Å². The van der Waals surface area contributed by atoms with Crippen LogP contribution in [-0.2, 0) is 16.1 Å². The number of halogens is 2. The van der Waals surface area contributed by atoms with Crippen LogP contribution >= 0.6 is 23.2 Å². The number of nitrogens with zero attached hydrogens (tertiary/aromatic N) is 3. The van der Waals surface area contributed by atoms with Gasteiger partial charge in [0, 0.05) is 17.4 Å². The summed E-state index contributed by atoms with van der Waals surface area (Å²) in [6, 6.07) is 12.3. The number of Topliss-reactive ketones (excluding diaryl/α,β-unsaturated/α-hetero) is 1. The fourth-order valence-corrected chi connectivity index (χ4v) is 4.21. The van der Waals surface area contributed by atoms with Gasteiger partial charge >= 0.3 is 0 Å². The van der Waals surface area contributed by atoms with Crippen LogP contribution in [0.4, 0.5) is 0 Å². The van der Waals surface area contributed by atoms with Crippen molar-refractivity contribution in [2.45, 2.75) is 12.6 Å². The summed E-state index contributed by atoms with van der Waals surface area (Å²) in [4.78, 5) is 36.0. The molecule has 2 aromatic heterocycles. The minimum absolute atomic E-state index is 0.0525. The average Bonchev–Trinajstić information content (AvgIpc) is 3.04. The Labute approximate surface area is 193 Å². The fourth-order valence-electron chi connectivity index (χ4n) is 3.64. The van der Waals surface area contributed by atoms with Crippen LogP contribution in [0.5, 0.6) is 5.75 Å². The van der Waals surface area contributed by atoms with Crippen LogP contribution < -0.4 is 4.74 Å². The first-order chi connectivity index (χ1) is 15.4. The van der Waals surface area contributed by atoms with E-state index in [9.17, 15) is 14.7 Å². The smallest absolute Gasteiger partial charge is 0.296 e. The predicted molar refractivity (Wildman–Crippen MR) is 119 cm³/mol. The highest BCUT2D eigenvalue weighted by molar-refractivity contribution is 6.46. The van der Waals surface area contributed by atoms with Crippen molar-refractivity contribution in [3.8, 4) is 5.75 Å². The molecule has 3 heterocycles. The van der Waals surface area contributed by atoms with Crippen molar-refractivity contribution in [1.29, 1.82) is 0 Å². The maximum Gasteiger partial charge on any atom is 0.296 e. The molecule has 3 aromatic rings. The van der Waals surface area contributed by atoms with E-state index in [4.69, 9.17) is 27.9 Å². The van der Waals surface area contributed by atoms with E-state index in [-0.39, 0.29) is 33.5 Å². The third-order valence-corrected chi connectivity index (χ3v) is 5.53. The number of aliphatic hydroxyl groups excluding tert-OH is 1. The van der Waals surface area contributed by atoms with Crippen LogP contribution in [0, 0.1) is 0 Å². The van der Waals surface area contributed by atoms with Gasteiger partial charge in [0.15, 0.2) is 0 Å². The summed E-state index contributed by atoms with van der Waals surface area (Å²) < 4.78 is 5.32. The fraction of sp³-hybridized carbons (Fsp3) is 0.130. The second kappa shape index (κ2) is 8.98. The van der Waals surface area contributed by atoms with Crippen molar-refractivity contribution < 1.29 is 19.4 Å². The molecule has 1 unspecified atom stereocenters. The lowest BCUT2D eigenvalue weighted by Gasteiger charge is -2.24. The van der Waals surface area contributed by atoms with Crippen molar-refractivity contribution >= 4 is 40.7 Å². The molecular formula is C23H17Cl2N3O4. The van der Waals surface area contributed by atoms with E-state index in [0.29, 0.717) is 11.4 Å². The Morgan fingerprint density at radius 1 is 1.09 bits per heavy atom. The molecule has 7 nitrogen and oxygen atoms in total. The number of hydrogen-bond acceptors (Lipinski definition) is 6. The minimum atomic E-state index is -0.944. The van der Waals surface area contributed by atoms with E-state index < -0.39 is 23.5 Å². The van der Waals surface area contributed by atoms with Gasteiger partial charge in [0.25, 0.3) is 11.7 Å². The molecule has 0 aliphatic carbocycles. The third-order valence-electron chi connectivity index (χ3n) is 5.03. The number of amides is 1. The first kappa shape index (κ1) is 21.8. The Bertz CT molecular complexity index is 1220. The molecule has 1 saturated heterocycles. The normalized spacial score (nSPS) is 17.6. The lowest BCUT2D eigenvalue weighted by molar-refractivity contribution is -0.140. The molecule has 0 spiro atoms. The summed E-state index contributed by atoms with van der Waals surface area (Å²) in [6.07, 6.45) is 3.15. The van der Waals surface area contributed by atoms with Crippen LogP contribution in [-0.4, -0.2) is 38.8 Å². The molecule has 0 bridgehead atoms. The number of benzene rings is 1. The van der Waals surface area contributed by atoms with Crippen LogP contribution in [0.2, 0.25) is 10.0 Å². The number of methoxy groups -OCH3 is 1. The van der Waals surface area contributed by atoms with Crippen LogP contribution in [0.1, 0.15) is 23.0 Å². The number of likely N-dealkylation sites (tertiary alicyclic amines) is 1. The Kier molecular flexibility index (Phi) is 6.12. The quantitative estimate of drug-likeness (QED) is 0.337. The van der Waals surface area contributed by atoms with E-state index in [0.717, 1.165) is 0 Å². The van der Waals surface area contributed by atoms with Gasteiger partial charge in [0.05, 0.1) is 41.2 Å². The molecular weight excluding hydrogens is 453 g/mol. The first-order valence-corrected chi connectivity index (χ1v) is 10.3. The molecule has 1 fully saturated rings. The zero-order valence-electron chi connectivity index (χ0n) is 16.8. The van der Waals surface area contributed by atoms with E-state index in [2.05, 4.69) is 9.97 Å². The van der Waals surface area contributed by atoms with Crippen molar-refractivity contribution in [3.05, 3.63) is 93.5 Å². The third kappa shape index (κ3) is 3.92. The van der Waals surface area contributed by atoms with E-state index >= 15 is 0 Å². The van der Waals surface area contributed by atoms with Gasteiger partial charge in [-0.05, 0) is 36.4 Å². The molecule has 1 amide bonds. The van der Waals surface area contributed by atoms with E-state index in [1.165, 1.54) is 24.1 Å². The second-order valence-corrected chi connectivity index (χ2v) is 7.81. The number of carbonyl (C=O) groups excluding carboxylic acids is 2. The number of ether oxygens (including phenoxy) is 1. The highest BCUT2D eigenvalue weighted by Gasteiger charge is 2.47. The number of aromatic nitrogens is 2. The van der Waals surface area contributed by atoms with E-state index in [1.807, 2.05) is 0 Å². The monoisotopic (exact) mass is 469 g/mol.